The Kier molecular flexibility index (Phi) is 16.2. The van der Waals surface area contributed by atoms with E-state index in [-0.39, 0.29) is 12.4 Å². The van der Waals surface area contributed by atoms with Crippen LogP contribution in [0.5, 0.6) is 5.75 Å². The van der Waals surface area contributed by atoms with Crippen LogP contribution in [0.4, 0.5) is 0 Å². The first-order valence-corrected chi connectivity index (χ1v) is 17.2. The van der Waals surface area contributed by atoms with Crippen molar-refractivity contribution in [2.75, 3.05) is 34.0 Å². The van der Waals surface area contributed by atoms with Gasteiger partial charge in [-0.1, -0.05) is 12.1 Å². The van der Waals surface area contributed by atoms with E-state index >= 15 is 0 Å². The third-order valence-electron chi connectivity index (χ3n) is 9.32. The highest BCUT2D eigenvalue weighted by atomic mass is 16.8. The van der Waals surface area contributed by atoms with E-state index in [0.717, 1.165) is 14.2 Å². The summed E-state index contributed by atoms with van der Waals surface area (Å²) in [5.41, 5.74) is -2.16. The number of rotatable bonds is 16. The zero-order valence-corrected chi connectivity index (χ0v) is 30.0. The van der Waals surface area contributed by atoms with E-state index in [2.05, 4.69) is 9.47 Å². The van der Waals surface area contributed by atoms with Crippen molar-refractivity contribution in [2.24, 2.45) is 0 Å². The van der Waals surface area contributed by atoms with E-state index < -0.39 is 148 Å². The molecule has 1 unspecified atom stereocenters. The van der Waals surface area contributed by atoms with Gasteiger partial charge in [-0.05, 0) is 17.7 Å². The molecule has 3 saturated heterocycles. The van der Waals surface area contributed by atoms with Gasteiger partial charge in [0.05, 0.1) is 46.9 Å². The Morgan fingerprint density at radius 2 is 1.07 bits per heavy atom. The van der Waals surface area contributed by atoms with E-state index in [1.165, 1.54) is 24.3 Å². The highest BCUT2D eigenvalue weighted by molar-refractivity contribution is 5.90. The van der Waals surface area contributed by atoms with Gasteiger partial charge in [-0.2, -0.15) is 0 Å². The zero-order chi connectivity index (χ0) is 41.5. The van der Waals surface area contributed by atoms with Crippen LogP contribution < -0.4 is 4.74 Å². The predicted molar refractivity (Wildman–Crippen MR) is 174 cm³/mol. The van der Waals surface area contributed by atoms with Gasteiger partial charge in [0, 0.05) is 0 Å². The maximum absolute atomic E-state index is 12.4. The Bertz CT molecular complexity index is 1430. The van der Waals surface area contributed by atoms with Crippen LogP contribution >= 0.6 is 0 Å². The van der Waals surface area contributed by atoms with Gasteiger partial charge in [-0.15, -0.1) is 0 Å². The quantitative estimate of drug-likeness (QED) is 0.0546. The molecule has 16 atom stereocenters. The van der Waals surface area contributed by atoms with Crippen molar-refractivity contribution in [3.8, 4) is 5.75 Å². The lowest BCUT2D eigenvalue weighted by atomic mass is 9.95. The number of aliphatic hydroxyl groups excluding tert-OH is 10. The molecule has 23 nitrogen and oxygen atoms in total. The number of aliphatic hydroxyl groups is 11. The molecule has 3 fully saturated rings. The van der Waals surface area contributed by atoms with Gasteiger partial charge in [-0.25, -0.2) is 4.79 Å². The number of benzene rings is 1. The number of ether oxygens (including phenoxy) is 9. The minimum absolute atomic E-state index is 0.0412. The Morgan fingerprint density at radius 1 is 0.607 bits per heavy atom. The molecular formula is C33H48O23. The lowest BCUT2D eigenvalue weighted by Gasteiger charge is -2.48. The van der Waals surface area contributed by atoms with Crippen LogP contribution in [0.15, 0.2) is 24.3 Å². The van der Waals surface area contributed by atoms with Crippen molar-refractivity contribution in [1.82, 2.24) is 0 Å². The molecule has 4 rings (SSSR count). The summed E-state index contributed by atoms with van der Waals surface area (Å²) in [5, 5.41) is 115. The topological polar surface area (TPSA) is 357 Å². The molecule has 318 valence electrons. The Morgan fingerprint density at radius 3 is 1.57 bits per heavy atom. The molecule has 3 aliphatic heterocycles. The average Bonchev–Trinajstić information content (AvgIpc) is 3.18. The van der Waals surface area contributed by atoms with Crippen LogP contribution in [0.3, 0.4) is 0 Å². The standard InChI is InChI=1S/C33H48O23/c1-48-18(37)7-33(47,32(46)49-2)8-19(38)50-12-13-3-5-14(6-4-13)51-30-25(44)27(21(40)16(10-35)53-30)56-31-26(45)28(22(41)17(11-36)54-31)55-29-24(43)23(42)20(39)15(9-34)52-29/h3-6,15-17,20-31,34-36,39-45,47H,7-12H2,1-2H3/t15-,16-,17-,20-,21-,22-,23+,24-,25-,26-,27+,28+,29+,30-,31+,33?/m1/s1. The number of hydrogen-bond acceptors (Lipinski definition) is 23. The molecule has 11 N–H and O–H groups in total. The Balaban J connectivity index is 1.42. The Hall–Kier alpha value is -3.21. The second kappa shape index (κ2) is 20.0. The maximum Gasteiger partial charge on any atom is 0.339 e. The van der Waals surface area contributed by atoms with Gasteiger partial charge in [0.1, 0.15) is 85.6 Å². The van der Waals surface area contributed by atoms with Gasteiger partial charge in [-0.3, -0.25) is 9.59 Å². The molecule has 0 aliphatic carbocycles. The number of esters is 3. The molecule has 0 saturated carbocycles. The van der Waals surface area contributed by atoms with Crippen LogP contribution in [-0.4, -0.2) is 206 Å². The van der Waals surface area contributed by atoms with Crippen molar-refractivity contribution in [3.05, 3.63) is 29.8 Å². The molecule has 0 aromatic heterocycles. The summed E-state index contributed by atoms with van der Waals surface area (Å²) >= 11 is 0. The molecule has 3 heterocycles. The van der Waals surface area contributed by atoms with E-state index in [9.17, 15) is 70.6 Å². The summed E-state index contributed by atoms with van der Waals surface area (Å²) in [6.07, 6.45) is -28.2. The molecule has 3 aliphatic rings. The fraction of sp³-hybridized carbons (Fsp3) is 0.727. The smallest absolute Gasteiger partial charge is 0.339 e. The average molecular weight is 813 g/mol. The van der Waals surface area contributed by atoms with Crippen LogP contribution in [0.25, 0.3) is 0 Å². The SMILES string of the molecule is COC(=O)CC(O)(CC(=O)OCc1ccc(O[C@@H]2O[C@H](CO)[C@@H](O)[C@H](O[C@@H]3O[C@H](CO)[C@@H](O)[C@H](O[C@@H]4O[C@H](CO)[C@@H](O)[C@H](O)[C@H]4O)[C@H]3O)[C@H]2O)cc1)C(=O)OC. The third-order valence-corrected chi connectivity index (χ3v) is 9.32. The minimum Gasteiger partial charge on any atom is -0.469 e. The molecule has 0 bridgehead atoms. The normalized spacial score (nSPS) is 37.2. The first-order valence-electron chi connectivity index (χ1n) is 17.2. The molecular weight excluding hydrogens is 764 g/mol. The number of methoxy groups -OCH3 is 2. The van der Waals surface area contributed by atoms with Gasteiger partial charge < -0.3 is 98.8 Å². The van der Waals surface area contributed by atoms with Crippen molar-refractivity contribution in [2.45, 2.75) is 117 Å². The van der Waals surface area contributed by atoms with E-state index in [1.807, 2.05) is 0 Å². The fourth-order valence-electron chi connectivity index (χ4n) is 6.09. The highest BCUT2D eigenvalue weighted by Gasteiger charge is 2.54. The fourth-order valence-corrected chi connectivity index (χ4v) is 6.09. The van der Waals surface area contributed by atoms with Gasteiger partial charge in [0.15, 0.2) is 18.2 Å². The monoisotopic (exact) mass is 812 g/mol. The predicted octanol–water partition coefficient (Wildman–Crippen LogP) is -6.59. The minimum atomic E-state index is -2.54. The second-order valence-electron chi connectivity index (χ2n) is 13.2. The molecule has 0 spiro atoms. The van der Waals surface area contributed by atoms with Crippen LogP contribution in [-0.2, 0) is 58.9 Å². The summed E-state index contributed by atoms with van der Waals surface area (Å²) in [6.45, 7) is -2.88. The molecule has 0 radical (unpaired) electrons. The maximum atomic E-state index is 12.4. The summed E-state index contributed by atoms with van der Waals surface area (Å²) in [6, 6.07) is 5.57. The molecule has 1 aromatic rings. The van der Waals surface area contributed by atoms with Crippen molar-refractivity contribution < 1.29 is 113 Å². The summed E-state index contributed by atoms with van der Waals surface area (Å²) < 4.78 is 47.4. The zero-order valence-electron chi connectivity index (χ0n) is 30.0. The van der Waals surface area contributed by atoms with Crippen molar-refractivity contribution >= 4 is 17.9 Å². The molecule has 56 heavy (non-hydrogen) atoms. The van der Waals surface area contributed by atoms with Crippen LogP contribution in [0.1, 0.15) is 18.4 Å². The van der Waals surface area contributed by atoms with Gasteiger partial charge in [0.25, 0.3) is 0 Å². The molecule has 23 heteroatoms. The first-order chi connectivity index (χ1) is 26.5. The van der Waals surface area contributed by atoms with Crippen LogP contribution in [0, 0.1) is 0 Å². The summed E-state index contributed by atoms with van der Waals surface area (Å²) in [5.74, 6) is -3.24. The highest BCUT2D eigenvalue weighted by Crippen LogP contribution is 2.33. The van der Waals surface area contributed by atoms with Crippen molar-refractivity contribution in [3.63, 3.8) is 0 Å². The largest absolute Gasteiger partial charge is 0.469 e. The Labute approximate surface area is 318 Å². The van der Waals surface area contributed by atoms with E-state index in [0.29, 0.717) is 5.56 Å². The lowest BCUT2D eigenvalue weighted by Crippen LogP contribution is -2.67. The van der Waals surface area contributed by atoms with E-state index in [1.54, 1.807) is 0 Å². The molecule has 1 aromatic carbocycles. The second-order valence-corrected chi connectivity index (χ2v) is 13.2. The number of hydrogen-bond donors (Lipinski definition) is 11. The van der Waals surface area contributed by atoms with E-state index in [4.69, 9.17) is 33.2 Å². The van der Waals surface area contributed by atoms with Crippen LogP contribution in [0.2, 0.25) is 0 Å². The summed E-state index contributed by atoms with van der Waals surface area (Å²) in [7, 11) is 1.98. The third kappa shape index (κ3) is 10.4. The summed E-state index contributed by atoms with van der Waals surface area (Å²) in [4.78, 5) is 36.1. The van der Waals surface area contributed by atoms with Crippen molar-refractivity contribution in [1.29, 1.82) is 0 Å². The number of carbonyl (C=O) groups is 3. The lowest BCUT2D eigenvalue weighted by molar-refractivity contribution is -0.378. The van der Waals surface area contributed by atoms with Gasteiger partial charge in [0.2, 0.25) is 6.29 Å². The molecule has 0 amide bonds. The number of carbonyl (C=O) groups excluding carboxylic acids is 3. The van der Waals surface area contributed by atoms with Gasteiger partial charge >= 0.3 is 17.9 Å². The first kappa shape index (κ1) is 45.5.